The van der Waals surface area contributed by atoms with Crippen LogP contribution in [-0.2, 0) is 0 Å². The second-order valence-electron chi connectivity index (χ2n) is 0.994. The van der Waals surface area contributed by atoms with Crippen LogP contribution < -0.4 is 5.84 Å². The van der Waals surface area contributed by atoms with Crippen molar-refractivity contribution in [1.82, 2.24) is 5.12 Å². The highest BCUT2D eigenvalue weighted by atomic mass is 16.7. The van der Waals surface area contributed by atoms with Crippen molar-refractivity contribution < 1.29 is 5.03 Å². The van der Waals surface area contributed by atoms with Crippen molar-refractivity contribution in [3.05, 3.63) is 10.1 Å². The van der Waals surface area contributed by atoms with Gasteiger partial charge in [0.1, 0.15) is 0 Å². The van der Waals surface area contributed by atoms with Gasteiger partial charge in [0.2, 0.25) is 0 Å². The van der Waals surface area contributed by atoms with Crippen LogP contribution >= 0.6 is 0 Å². The van der Waals surface area contributed by atoms with E-state index in [9.17, 15) is 10.1 Å². The predicted molar refractivity (Wildman–Crippen MR) is 23.6 cm³/mol. The summed E-state index contributed by atoms with van der Waals surface area (Å²) in [7, 11) is 0. The largest absolute Gasteiger partial charge is 0.233 e. The molecule has 2 N–H and O–H groups in total. The summed E-state index contributed by atoms with van der Waals surface area (Å²) < 4.78 is 0. The van der Waals surface area contributed by atoms with Gasteiger partial charge in [0.25, 0.3) is 0 Å². The van der Waals surface area contributed by atoms with Crippen molar-refractivity contribution in [3.8, 4) is 0 Å². The van der Waals surface area contributed by atoms with E-state index in [1.807, 2.05) is 0 Å². The van der Waals surface area contributed by atoms with E-state index < -0.39 is 5.03 Å². The Bertz CT molecular complexity index is 73.3. The molecule has 5 nitrogen and oxygen atoms in total. The molecule has 5 heteroatoms. The molecule has 0 spiro atoms. The maximum Gasteiger partial charge on any atom is 0.176 e. The van der Waals surface area contributed by atoms with Crippen molar-refractivity contribution in [2.45, 2.75) is 6.92 Å². The lowest BCUT2D eigenvalue weighted by Crippen LogP contribution is -2.36. The SMILES string of the molecule is CCN(N)[N+](=O)[O-]. The van der Waals surface area contributed by atoms with Crippen molar-refractivity contribution in [1.29, 1.82) is 0 Å². The van der Waals surface area contributed by atoms with Crippen LogP contribution in [0.1, 0.15) is 6.92 Å². The monoisotopic (exact) mass is 105 g/mol. The van der Waals surface area contributed by atoms with Crippen LogP contribution in [0, 0.1) is 10.1 Å². The molecular formula is C2H7N3O2. The summed E-state index contributed by atoms with van der Waals surface area (Å²) >= 11 is 0. The molecule has 0 heterocycles. The molecule has 0 radical (unpaired) electrons. The lowest BCUT2D eigenvalue weighted by atomic mass is 10.8. The normalized spacial score (nSPS) is 8.29. The van der Waals surface area contributed by atoms with E-state index in [-0.39, 0.29) is 6.54 Å². The van der Waals surface area contributed by atoms with Crippen molar-refractivity contribution in [2.24, 2.45) is 5.84 Å². The summed E-state index contributed by atoms with van der Waals surface area (Å²) in [5, 5.41) is 9.38. The van der Waals surface area contributed by atoms with E-state index in [2.05, 4.69) is 0 Å². The molecule has 0 aromatic heterocycles. The fourth-order valence-corrected chi connectivity index (χ4v) is 0.115. The number of hydrogen-bond acceptors (Lipinski definition) is 3. The Morgan fingerprint density at radius 3 is 2.43 bits per heavy atom. The fraction of sp³-hybridized carbons (Fsp3) is 1.00. The van der Waals surface area contributed by atoms with Crippen LogP contribution in [0.15, 0.2) is 0 Å². The topological polar surface area (TPSA) is 72.4 Å². The second-order valence-corrected chi connectivity index (χ2v) is 0.994. The zero-order valence-electron chi connectivity index (χ0n) is 4.00. The van der Waals surface area contributed by atoms with Gasteiger partial charge in [0, 0.05) is 0 Å². The number of rotatable bonds is 2. The van der Waals surface area contributed by atoms with Gasteiger partial charge in [-0.05, 0) is 6.92 Å². The smallest absolute Gasteiger partial charge is 0.176 e. The second kappa shape index (κ2) is 2.35. The molecule has 0 unspecified atom stereocenters. The van der Waals surface area contributed by atoms with E-state index in [0.29, 0.717) is 5.12 Å². The third kappa shape index (κ3) is 1.94. The van der Waals surface area contributed by atoms with Crippen molar-refractivity contribution >= 4 is 0 Å². The highest BCUT2D eigenvalue weighted by Gasteiger charge is 1.99. The molecule has 0 aliphatic carbocycles. The maximum absolute atomic E-state index is 9.54. The average molecular weight is 105 g/mol. The zero-order chi connectivity index (χ0) is 5.86. The Balaban J connectivity index is 3.34. The highest BCUT2D eigenvalue weighted by molar-refractivity contribution is 4.15. The Labute approximate surface area is 40.8 Å². The van der Waals surface area contributed by atoms with E-state index in [4.69, 9.17) is 5.84 Å². The number of hydrogen-bond donors (Lipinski definition) is 1. The van der Waals surface area contributed by atoms with Gasteiger partial charge in [-0.25, -0.2) is 10.1 Å². The van der Waals surface area contributed by atoms with E-state index in [0.717, 1.165) is 0 Å². The Morgan fingerprint density at radius 1 is 2.00 bits per heavy atom. The minimum Gasteiger partial charge on any atom is -0.233 e. The van der Waals surface area contributed by atoms with Gasteiger partial charge < -0.3 is 0 Å². The third-order valence-corrected chi connectivity index (χ3v) is 0.534. The number of nitrogens with zero attached hydrogens (tertiary/aromatic N) is 2. The molecule has 0 bridgehead atoms. The standard InChI is InChI=1S/C2H7N3O2/c1-2-4(3)5(6)7/h2-3H2,1H3. The van der Waals surface area contributed by atoms with E-state index in [1.54, 1.807) is 6.92 Å². The first kappa shape index (κ1) is 6.16. The zero-order valence-corrected chi connectivity index (χ0v) is 4.00. The van der Waals surface area contributed by atoms with Crippen LogP contribution in [0.5, 0.6) is 0 Å². The molecule has 0 saturated heterocycles. The summed E-state index contributed by atoms with van der Waals surface area (Å²) in [5.74, 6) is 4.75. The van der Waals surface area contributed by atoms with Gasteiger partial charge in [-0.3, -0.25) is 0 Å². The van der Waals surface area contributed by atoms with Crippen molar-refractivity contribution in [3.63, 3.8) is 0 Å². The fourth-order valence-electron chi connectivity index (χ4n) is 0.115. The Morgan fingerprint density at radius 2 is 2.43 bits per heavy atom. The summed E-state index contributed by atoms with van der Waals surface area (Å²) in [6, 6.07) is 0. The molecule has 0 rings (SSSR count). The Hall–Kier alpha value is -0.840. The van der Waals surface area contributed by atoms with Crippen molar-refractivity contribution in [2.75, 3.05) is 6.54 Å². The van der Waals surface area contributed by atoms with Gasteiger partial charge in [0.05, 0.1) is 6.54 Å². The average Bonchev–Trinajstić information content (AvgIpc) is 1.65. The molecule has 42 valence electrons. The molecular weight excluding hydrogens is 98.0 g/mol. The number of nitro groups is 1. The van der Waals surface area contributed by atoms with E-state index in [1.165, 1.54) is 0 Å². The molecule has 0 fully saturated rings. The maximum atomic E-state index is 9.54. The Kier molecular flexibility index (Phi) is 2.07. The minimum atomic E-state index is -0.667. The van der Waals surface area contributed by atoms with E-state index >= 15 is 0 Å². The molecule has 0 amide bonds. The summed E-state index contributed by atoms with van der Waals surface area (Å²) in [6.45, 7) is 1.83. The first-order chi connectivity index (χ1) is 3.18. The molecule has 0 aliphatic rings. The summed E-state index contributed by atoms with van der Waals surface area (Å²) in [5.41, 5.74) is 0. The minimum absolute atomic E-state index is 0.229. The van der Waals surface area contributed by atoms with Gasteiger partial charge in [-0.1, -0.05) is 5.12 Å². The van der Waals surface area contributed by atoms with Crippen LogP contribution in [0.3, 0.4) is 0 Å². The van der Waals surface area contributed by atoms with Gasteiger partial charge in [0.15, 0.2) is 5.03 Å². The molecule has 0 aromatic carbocycles. The lowest BCUT2D eigenvalue weighted by molar-refractivity contribution is -0.658. The first-order valence-corrected chi connectivity index (χ1v) is 1.85. The molecule has 0 aromatic rings. The third-order valence-electron chi connectivity index (χ3n) is 0.534. The van der Waals surface area contributed by atoms with Gasteiger partial charge >= 0.3 is 0 Å². The van der Waals surface area contributed by atoms with Gasteiger partial charge in [-0.2, -0.15) is 5.84 Å². The highest BCUT2D eigenvalue weighted by Crippen LogP contribution is 1.71. The lowest BCUT2D eigenvalue weighted by Gasteiger charge is -2.00. The molecule has 7 heavy (non-hydrogen) atoms. The van der Waals surface area contributed by atoms with Crippen LogP contribution in [-0.4, -0.2) is 16.7 Å². The quantitative estimate of drug-likeness (QED) is 0.288. The van der Waals surface area contributed by atoms with Crippen LogP contribution in [0.25, 0.3) is 0 Å². The predicted octanol–water partition coefficient (Wildman–Crippen LogP) is -0.626. The van der Waals surface area contributed by atoms with Gasteiger partial charge in [-0.15, -0.1) is 0 Å². The molecule has 0 aliphatic heterocycles. The number of nitrogens with two attached hydrogens (primary N) is 1. The number of hydrazine groups is 2. The summed E-state index contributed by atoms with van der Waals surface area (Å²) in [6.07, 6.45) is 0. The first-order valence-electron chi connectivity index (χ1n) is 1.85. The molecule has 0 saturated carbocycles. The van der Waals surface area contributed by atoms with Crippen LogP contribution in [0.4, 0.5) is 0 Å². The summed E-state index contributed by atoms with van der Waals surface area (Å²) in [4.78, 5) is 9.54. The van der Waals surface area contributed by atoms with Crippen LogP contribution in [0.2, 0.25) is 0 Å². The molecule has 0 atom stereocenters.